The number of ether oxygens (including phenoxy) is 1. The number of aryl methyl sites for hydroxylation is 1. The zero-order valence-electron chi connectivity index (χ0n) is 9.59. The normalized spacial score (nSPS) is 17.4. The number of rotatable bonds is 2. The summed E-state index contributed by atoms with van der Waals surface area (Å²) in [6, 6.07) is 0. The lowest BCUT2D eigenvalue weighted by Gasteiger charge is -2.21. The van der Waals surface area contributed by atoms with Crippen LogP contribution in [0.3, 0.4) is 0 Å². The van der Waals surface area contributed by atoms with Crippen molar-refractivity contribution in [3.05, 3.63) is 15.1 Å². The summed E-state index contributed by atoms with van der Waals surface area (Å²) in [5, 5.41) is 3.13. The summed E-state index contributed by atoms with van der Waals surface area (Å²) in [6.07, 6.45) is 2.06. The summed E-state index contributed by atoms with van der Waals surface area (Å²) in [5.74, 6) is 2.36. The first-order valence-corrected chi connectivity index (χ1v) is 6.59. The van der Waals surface area contributed by atoms with Gasteiger partial charge in [0.05, 0.1) is 9.26 Å². The van der Waals surface area contributed by atoms with Gasteiger partial charge in [0.1, 0.15) is 11.6 Å². The Balaban J connectivity index is 2.29. The Morgan fingerprint density at radius 1 is 1.31 bits per heavy atom. The van der Waals surface area contributed by atoms with Gasteiger partial charge in [-0.2, -0.15) is 0 Å². The molecule has 0 aromatic carbocycles. The van der Waals surface area contributed by atoms with E-state index in [1.54, 1.807) is 0 Å². The average Bonchev–Trinajstić information content (AvgIpc) is 2.33. The molecule has 1 aromatic heterocycles. The molecule has 1 aliphatic rings. The van der Waals surface area contributed by atoms with Crippen LogP contribution in [0.15, 0.2) is 0 Å². The van der Waals surface area contributed by atoms with Crippen LogP contribution in [0.5, 0.6) is 0 Å². The molecule has 0 atom stereocenters. The monoisotopic (exact) mass is 333 g/mol. The Morgan fingerprint density at radius 3 is 2.62 bits per heavy atom. The Morgan fingerprint density at radius 2 is 2.00 bits per heavy atom. The molecule has 1 aliphatic heterocycles. The highest BCUT2D eigenvalue weighted by Crippen LogP contribution is 2.27. The fourth-order valence-corrected chi connectivity index (χ4v) is 2.40. The van der Waals surface area contributed by atoms with Crippen molar-refractivity contribution in [3.8, 4) is 0 Å². The molecule has 2 rings (SSSR count). The topological polar surface area (TPSA) is 47.0 Å². The summed E-state index contributed by atoms with van der Waals surface area (Å²) in [4.78, 5) is 9.18. The molecular weight excluding hydrogens is 317 g/mol. The van der Waals surface area contributed by atoms with E-state index in [4.69, 9.17) is 4.74 Å². The molecule has 2 heterocycles. The standard InChI is InChI=1S/C11H16IN3O/c1-7-9(12)11(13-2)15-10(14-7)8-3-5-16-6-4-8/h8H,3-6H2,1-2H3,(H,13,14,15). The van der Waals surface area contributed by atoms with Gasteiger partial charge in [-0.15, -0.1) is 0 Å². The molecule has 0 spiro atoms. The fraction of sp³-hybridized carbons (Fsp3) is 0.636. The zero-order valence-corrected chi connectivity index (χ0v) is 11.7. The number of hydrogen-bond acceptors (Lipinski definition) is 4. The molecule has 1 aromatic rings. The summed E-state index contributed by atoms with van der Waals surface area (Å²) in [5.41, 5.74) is 1.06. The molecule has 88 valence electrons. The van der Waals surface area contributed by atoms with Crippen molar-refractivity contribution in [3.63, 3.8) is 0 Å². The second-order valence-electron chi connectivity index (χ2n) is 3.97. The van der Waals surface area contributed by atoms with Crippen LogP contribution >= 0.6 is 22.6 Å². The predicted molar refractivity (Wildman–Crippen MR) is 71.8 cm³/mol. The Hall–Kier alpha value is -0.430. The molecule has 0 aliphatic carbocycles. The average molecular weight is 333 g/mol. The summed E-state index contributed by atoms with van der Waals surface area (Å²) in [7, 11) is 1.90. The molecule has 1 saturated heterocycles. The highest BCUT2D eigenvalue weighted by Gasteiger charge is 2.20. The highest BCUT2D eigenvalue weighted by atomic mass is 127. The first-order valence-electron chi connectivity index (χ1n) is 5.52. The van der Waals surface area contributed by atoms with Gasteiger partial charge in [-0.05, 0) is 42.4 Å². The number of anilines is 1. The van der Waals surface area contributed by atoms with Crippen LogP contribution in [0, 0.1) is 10.5 Å². The second-order valence-corrected chi connectivity index (χ2v) is 5.05. The maximum absolute atomic E-state index is 5.36. The third-order valence-electron chi connectivity index (χ3n) is 2.86. The van der Waals surface area contributed by atoms with E-state index in [0.29, 0.717) is 5.92 Å². The van der Waals surface area contributed by atoms with Crippen molar-refractivity contribution in [2.45, 2.75) is 25.7 Å². The van der Waals surface area contributed by atoms with Gasteiger partial charge in [0, 0.05) is 26.2 Å². The van der Waals surface area contributed by atoms with E-state index in [-0.39, 0.29) is 0 Å². The number of nitrogens with one attached hydrogen (secondary N) is 1. The number of halogens is 1. The first kappa shape index (κ1) is 12.0. The predicted octanol–water partition coefficient (Wildman–Crippen LogP) is 2.33. The van der Waals surface area contributed by atoms with Crippen LogP contribution in [0.2, 0.25) is 0 Å². The molecule has 5 heteroatoms. The van der Waals surface area contributed by atoms with Gasteiger partial charge in [0.2, 0.25) is 0 Å². The Bertz CT molecular complexity index is 378. The molecule has 0 radical (unpaired) electrons. The van der Waals surface area contributed by atoms with Crippen LogP contribution < -0.4 is 5.32 Å². The zero-order chi connectivity index (χ0) is 11.5. The fourth-order valence-electron chi connectivity index (χ4n) is 1.88. The van der Waals surface area contributed by atoms with Gasteiger partial charge < -0.3 is 10.1 Å². The van der Waals surface area contributed by atoms with E-state index in [1.165, 1.54) is 0 Å². The van der Waals surface area contributed by atoms with Crippen LogP contribution in [0.25, 0.3) is 0 Å². The lowest BCUT2D eigenvalue weighted by molar-refractivity contribution is 0.0835. The van der Waals surface area contributed by atoms with E-state index in [1.807, 2.05) is 14.0 Å². The Kier molecular flexibility index (Phi) is 3.96. The van der Waals surface area contributed by atoms with Gasteiger partial charge in [0.15, 0.2) is 0 Å². The summed E-state index contributed by atoms with van der Waals surface area (Å²) < 4.78 is 6.47. The molecule has 1 N–H and O–H groups in total. The summed E-state index contributed by atoms with van der Waals surface area (Å²) >= 11 is 2.28. The first-order chi connectivity index (χ1) is 7.72. The molecular formula is C11H16IN3O. The van der Waals surface area contributed by atoms with Gasteiger partial charge in [-0.25, -0.2) is 9.97 Å². The Labute approximate surface area is 109 Å². The number of nitrogens with zero attached hydrogens (tertiary/aromatic N) is 2. The molecule has 0 amide bonds. The largest absolute Gasteiger partial charge is 0.381 e. The SMILES string of the molecule is CNc1nc(C2CCOCC2)nc(C)c1I. The van der Waals surface area contributed by atoms with Crippen molar-refractivity contribution in [1.82, 2.24) is 9.97 Å². The lowest BCUT2D eigenvalue weighted by Crippen LogP contribution is -2.17. The minimum Gasteiger partial charge on any atom is -0.381 e. The second kappa shape index (κ2) is 5.27. The van der Waals surface area contributed by atoms with E-state index >= 15 is 0 Å². The highest BCUT2D eigenvalue weighted by molar-refractivity contribution is 14.1. The number of hydrogen-bond donors (Lipinski definition) is 1. The number of aromatic nitrogens is 2. The van der Waals surface area contributed by atoms with E-state index < -0.39 is 0 Å². The third kappa shape index (κ3) is 2.45. The molecule has 0 bridgehead atoms. The molecule has 0 unspecified atom stereocenters. The van der Waals surface area contributed by atoms with Crippen molar-refractivity contribution < 1.29 is 4.74 Å². The minimum absolute atomic E-state index is 0.455. The van der Waals surface area contributed by atoms with E-state index in [9.17, 15) is 0 Å². The molecule has 16 heavy (non-hydrogen) atoms. The van der Waals surface area contributed by atoms with Crippen LogP contribution in [-0.4, -0.2) is 30.2 Å². The quantitative estimate of drug-likeness (QED) is 0.844. The van der Waals surface area contributed by atoms with Crippen molar-refractivity contribution >= 4 is 28.4 Å². The van der Waals surface area contributed by atoms with E-state index in [0.717, 1.165) is 47.0 Å². The van der Waals surface area contributed by atoms with Crippen molar-refractivity contribution in [2.24, 2.45) is 0 Å². The molecule has 0 saturated carbocycles. The van der Waals surface area contributed by atoms with Crippen molar-refractivity contribution in [2.75, 3.05) is 25.6 Å². The van der Waals surface area contributed by atoms with Gasteiger partial charge in [-0.1, -0.05) is 0 Å². The van der Waals surface area contributed by atoms with E-state index in [2.05, 4.69) is 37.9 Å². The van der Waals surface area contributed by atoms with Gasteiger partial charge in [0.25, 0.3) is 0 Å². The summed E-state index contributed by atoms with van der Waals surface area (Å²) in [6.45, 7) is 3.69. The smallest absolute Gasteiger partial charge is 0.143 e. The molecule has 1 fully saturated rings. The molecule has 4 nitrogen and oxygen atoms in total. The van der Waals surface area contributed by atoms with Gasteiger partial charge >= 0.3 is 0 Å². The maximum Gasteiger partial charge on any atom is 0.143 e. The third-order valence-corrected chi connectivity index (χ3v) is 4.15. The van der Waals surface area contributed by atoms with Crippen LogP contribution in [-0.2, 0) is 4.74 Å². The lowest BCUT2D eigenvalue weighted by atomic mass is 9.99. The maximum atomic E-state index is 5.36. The minimum atomic E-state index is 0.455. The van der Waals surface area contributed by atoms with Gasteiger partial charge in [-0.3, -0.25) is 0 Å². The van der Waals surface area contributed by atoms with Crippen molar-refractivity contribution in [1.29, 1.82) is 0 Å². The van der Waals surface area contributed by atoms with Crippen LogP contribution in [0.1, 0.15) is 30.3 Å². The van der Waals surface area contributed by atoms with Crippen LogP contribution in [0.4, 0.5) is 5.82 Å².